The van der Waals surface area contributed by atoms with Crippen LogP contribution >= 0.6 is 0 Å². The Morgan fingerprint density at radius 1 is 1.06 bits per heavy atom. The van der Waals surface area contributed by atoms with Gasteiger partial charge in [-0.25, -0.2) is 9.67 Å². The lowest BCUT2D eigenvalue weighted by molar-refractivity contribution is 0.102. The number of benzene rings is 1. The van der Waals surface area contributed by atoms with Gasteiger partial charge in [0.2, 0.25) is 0 Å². The van der Waals surface area contributed by atoms with Gasteiger partial charge in [0.05, 0.1) is 24.3 Å². The number of carbonyl (C=O) groups is 1. The van der Waals surface area contributed by atoms with Crippen LogP contribution in [-0.4, -0.2) is 32.8 Å². The first kappa shape index (κ1) is 23.2. The topological polar surface area (TPSA) is 91.2 Å². The molecule has 4 aromatic rings. The van der Waals surface area contributed by atoms with E-state index in [1.807, 2.05) is 36.7 Å². The van der Waals surface area contributed by atoms with Crippen molar-refractivity contribution in [2.45, 2.75) is 46.3 Å². The molecule has 0 aliphatic heterocycles. The van der Waals surface area contributed by atoms with E-state index < -0.39 is 0 Å². The predicted octanol–water partition coefficient (Wildman–Crippen LogP) is 5.37. The maximum Gasteiger partial charge on any atom is 0.256 e. The maximum absolute atomic E-state index is 13.4. The van der Waals surface area contributed by atoms with E-state index >= 15 is 0 Å². The van der Waals surface area contributed by atoms with Crippen LogP contribution in [0, 0.1) is 0 Å². The minimum Gasteiger partial charge on any atom is -0.493 e. The van der Waals surface area contributed by atoms with Crippen molar-refractivity contribution in [2.24, 2.45) is 0 Å². The number of aromatic nitrogens is 4. The second kappa shape index (κ2) is 9.91. The fourth-order valence-corrected chi connectivity index (χ4v) is 3.60. The van der Waals surface area contributed by atoms with Crippen molar-refractivity contribution in [3.05, 3.63) is 71.8 Å². The Labute approximate surface area is 198 Å². The van der Waals surface area contributed by atoms with Crippen molar-refractivity contribution < 1.29 is 14.3 Å². The summed E-state index contributed by atoms with van der Waals surface area (Å²) in [5, 5.41) is 8.18. The zero-order valence-corrected chi connectivity index (χ0v) is 20.1. The molecule has 8 nitrogen and oxygen atoms in total. The highest BCUT2D eigenvalue weighted by Crippen LogP contribution is 2.32. The van der Waals surface area contributed by atoms with Crippen molar-refractivity contribution in [3.63, 3.8) is 0 Å². The van der Waals surface area contributed by atoms with Gasteiger partial charge in [-0.3, -0.25) is 9.78 Å². The van der Waals surface area contributed by atoms with Crippen molar-refractivity contribution in [1.29, 1.82) is 0 Å². The number of hydrogen-bond acceptors (Lipinski definition) is 6. The molecular weight excluding hydrogens is 430 g/mol. The summed E-state index contributed by atoms with van der Waals surface area (Å²) in [5.74, 6) is 1.05. The van der Waals surface area contributed by atoms with Gasteiger partial charge in [0, 0.05) is 35.9 Å². The van der Waals surface area contributed by atoms with Crippen LogP contribution in [0.15, 0.2) is 55.0 Å². The molecule has 176 valence electrons. The standard InChI is InChI=1S/C26H29N5O3/c1-16(2)22-13-20(21-14-28-31(17(3)4)25(21)30-22)26(32)29-19-6-7-23(33-5)24(12-19)34-15-18-8-10-27-11-9-18/h6-14,16-17H,15H2,1-5H3,(H,29,32). The largest absolute Gasteiger partial charge is 0.493 e. The summed E-state index contributed by atoms with van der Waals surface area (Å²) < 4.78 is 13.2. The summed E-state index contributed by atoms with van der Waals surface area (Å²) in [6.07, 6.45) is 5.14. The quantitative estimate of drug-likeness (QED) is 0.381. The van der Waals surface area contributed by atoms with E-state index in [2.05, 4.69) is 29.2 Å². The van der Waals surface area contributed by atoms with Crippen LogP contribution in [0.1, 0.15) is 61.3 Å². The van der Waals surface area contributed by atoms with E-state index in [4.69, 9.17) is 14.5 Å². The first-order valence-corrected chi connectivity index (χ1v) is 11.3. The minimum atomic E-state index is -0.233. The Balaban J connectivity index is 1.63. The van der Waals surface area contributed by atoms with E-state index in [-0.39, 0.29) is 17.9 Å². The van der Waals surface area contributed by atoms with Crippen molar-refractivity contribution in [2.75, 3.05) is 12.4 Å². The van der Waals surface area contributed by atoms with E-state index in [9.17, 15) is 4.79 Å². The number of rotatable bonds is 8. The SMILES string of the molecule is COc1ccc(NC(=O)c2cc(C(C)C)nc3c2cnn3C(C)C)cc1OCc1ccncc1. The molecule has 0 saturated heterocycles. The number of carbonyl (C=O) groups excluding carboxylic acids is 1. The van der Waals surface area contributed by atoms with Gasteiger partial charge in [0.25, 0.3) is 5.91 Å². The monoisotopic (exact) mass is 459 g/mol. The Morgan fingerprint density at radius 2 is 1.82 bits per heavy atom. The zero-order valence-electron chi connectivity index (χ0n) is 20.1. The molecule has 0 atom stereocenters. The molecule has 1 amide bonds. The molecule has 0 fully saturated rings. The first-order valence-electron chi connectivity index (χ1n) is 11.3. The van der Waals surface area contributed by atoms with E-state index in [1.54, 1.807) is 43.9 Å². The summed E-state index contributed by atoms with van der Waals surface area (Å²) in [6, 6.07) is 11.1. The first-order chi connectivity index (χ1) is 16.4. The molecule has 3 heterocycles. The van der Waals surface area contributed by atoms with Crippen molar-refractivity contribution >= 4 is 22.6 Å². The molecule has 0 bridgehead atoms. The van der Waals surface area contributed by atoms with Gasteiger partial charge in [0.15, 0.2) is 17.1 Å². The molecule has 34 heavy (non-hydrogen) atoms. The van der Waals surface area contributed by atoms with E-state index in [0.717, 1.165) is 16.6 Å². The van der Waals surface area contributed by atoms with Gasteiger partial charge < -0.3 is 14.8 Å². The highest BCUT2D eigenvalue weighted by molar-refractivity contribution is 6.12. The number of anilines is 1. The third kappa shape index (κ3) is 4.85. The van der Waals surface area contributed by atoms with Crippen LogP contribution < -0.4 is 14.8 Å². The molecule has 3 aromatic heterocycles. The summed E-state index contributed by atoms with van der Waals surface area (Å²) in [7, 11) is 1.58. The molecule has 0 aliphatic rings. The fourth-order valence-electron chi connectivity index (χ4n) is 3.60. The number of hydrogen-bond donors (Lipinski definition) is 1. The summed E-state index contributed by atoms with van der Waals surface area (Å²) in [4.78, 5) is 22.2. The van der Waals surface area contributed by atoms with E-state index in [1.165, 1.54) is 0 Å². The lowest BCUT2D eigenvalue weighted by Gasteiger charge is -2.14. The molecule has 8 heteroatoms. The molecule has 0 unspecified atom stereocenters. The molecule has 0 spiro atoms. The summed E-state index contributed by atoms with van der Waals surface area (Å²) >= 11 is 0. The van der Waals surface area contributed by atoms with Gasteiger partial charge in [0.1, 0.15) is 6.61 Å². The Kier molecular flexibility index (Phi) is 6.77. The van der Waals surface area contributed by atoms with Crippen LogP contribution in [0.2, 0.25) is 0 Å². The predicted molar refractivity (Wildman–Crippen MR) is 132 cm³/mol. The number of nitrogens with zero attached hydrogens (tertiary/aromatic N) is 4. The normalized spacial score (nSPS) is 11.3. The second-order valence-electron chi connectivity index (χ2n) is 8.63. The lowest BCUT2D eigenvalue weighted by atomic mass is 10.0. The smallest absolute Gasteiger partial charge is 0.256 e. The Hall–Kier alpha value is -3.94. The summed E-state index contributed by atoms with van der Waals surface area (Å²) in [6.45, 7) is 8.55. The minimum absolute atomic E-state index is 0.130. The lowest BCUT2D eigenvalue weighted by Crippen LogP contribution is -2.14. The number of pyridine rings is 2. The molecule has 4 rings (SSSR count). The van der Waals surface area contributed by atoms with E-state index in [0.29, 0.717) is 35.0 Å². The molecule has 1 aromatic carbocycles. The second-order valence-corrected chi connectivity index (χ2v) is 8.63. The number of ether oxygens (including phenoxy) is 2. The molecule has 0 saturated carbocycles. The molecule has 0 aliphatic carbocycles. The molecular formula is C26H29N5O3. The number of fused-ring (bicyclic) bond motifs is 1. The van der Waals surface area contributed by atoms with Crippen molar-refractivity contribution in [1.82, 2.24) is 19.7 Å². The molecule has 0 radical (unpaired) electrons. The zero-order chi connectivity index (χ0) is 24.2. The Morgan fingerprint density at radius 3 is 2.50 bits per heavy atom. The van der Waals surface area contributed by atoms with Gasteiger partial charge in [-0.15, -0.1) is 0 Å². The highest BCUT2D eigenvalue weighted by Gasteiger charge is 2.19. The molecule has 1 N–H and O–H groups in total. The number of methoxy groups -OCH3 is 1. The van der Waals surface area contributed by atoms with Gasteiger partial charge >= 0.3 is 0 Å². The average Bonchev–Trinajstić information content (AvgIpc) is 3.27. The van der Waals surface area contributed by atoms with Crippen LogP contribution in [0.5, 0.6) is 11.5 Å². The average molecular weight is 460 g/mol. The number of amides is 1. The Bertz CT molecular complexity index is 1300. The van der Waals surface area contributed by atoms with Crippen LogP contribution in [0.25, 0.3) is 11.0 Å². The maximum atomic E-state index is 13.4. The fraction of sp³-hybridized carbons (Fsp3) is 0.308. The van der Waals surface area contributed by atoms with Crippen molar-refractivity contribution in [3.8, 4) is 11.5 Å². The van der Waals surface area contributed by atoms with Crippen LogP contribution in [0.4, 0.5) is 5.69 Å². The third-order valence-electron chi connectivity index (χ3n) is 5.48. The van der Waals surface area contributed by atoms with Crippen LogP contribution in [-0.2, 0) is 6.61 Å². The third-order valence-corrected chi connectivity index (χ3v) is 5.48. The van der Waals surface area contributed by atoms with Gasteiger partial charge in [-0.2, -0.15) is 5.10 Å². The summed E-state index contributed by atoms with van der Waals surface area (Å²) in [5.41, 5.74) is 3.67. The van der Waals surface area contributed by atoms with Gasteiger partial charge in [-0.1, -0.05) is 13.8 Å². The van der Waals surface area contributed by atoms with Crippen LogP contribution in [0.3, 0.4) is 0 Å². The van der Waals surface area contributed by atoms with Gasteiger partial charge in [-0.05, 0) is 55.7 Å². The highest BCUT2D eigenvalue weighted by atomic mass is 16.5. The number of nitrogens with one attached hydrogen (secondary N) is 1.